The molecular weight excluding hydrogens is 222 g/mol. The number of rotatable bonds is 5. The molecule has 1 fully saturated rings. The number of hydrogen-bond donors (Lipinski definition) is 1. The third kappa shape index (κ3) is 3.14. The van der Waals surface area contributed by atoms with Crippen LogP contribution >= 0.6 is 0 Å². The molecule has 3 nitrogen and oxygen atoms in total. The number of hydrogen-bond acceptors (Lipinski definition) is 2. The Balaban J connectivity index is 1.96. The Morgan fingerprint density at radius 2 is 2.22 bits per heavy atom. The normalized spacial score (nSPS) is 25.8. The predicted octanol–water partition coefficient (Wildman–Crippen LogP) is 3.03. The molecule has 1 aliphatic carbocycles. The fraction of sp³-hybridized carbons (Fsp3) is 0.800. The Morgan fingerprint density at radius 1 is 1.44 bits per heavy atom. The van der Waals surface area contributed by atoms with Crippen molar-refractivity contribution in [2.45, 2.75) is 58.5 Å². The van der Waals surface area contributed by atoms with E-state index >= 15 is 0 Å². The van der Waals surface area contributed by atoms with Crippen molar-refractivity contribution in [1.82, 2.24) is 15.1 Å². The Kier molecular flexibility index (Phi) is 4.44. The summed E-state index contributed by atoms with van der Waals surface area (Å²) in [6, 6.07) is 3.21. The average Bonchev–Trinajstić information content (AvgIpc) is 2.94. The molecule has 3 atom stereocenters. The molecule has 1 saturated carbocycles. The van der Waals surface area contributed by atoms with Gasteiger partial charge in [0.2, 0.25) is 0 Å². The van der Waals surface area contributed by atoms with Gasteiger partial charge in [0.15, 0.2) is 0 Å². The van der Waals surface area contributed by atoms with E-state index in [1.54, 1.807) is 0 Å². The minimum Gasteiger partial charge on any atom is -0.316 e. The van der Waals surface area contributed by atoms with Crippen LogP contribution < -0.4 is 5.32 Å². The summed E-state index contributed by atoms with van der Waals surface area (Å²) in [4.78, 5) is 0. The van der Waals surface area contributed by atoms with Crippen LogP contribution in [0.5, 0.6) is 0 Å². The first-order valence-corrected chi connectivity index (χ1v) is 7.31. The summed E-state index contributed by atoms with van der Waals surface area (Å²) in [7, 11) is 2.09. The number of nitrogens with one attached hydrogen (secondary N) is 1. The second kappa shape index (κ2) is 5.87. The molecule has 102 valence electrons. The van der Waals surface area contributed by atoms with Crippen LogP contribution in [0.25, 0.3) is 0 Å². The van der Waals surface area contributed by atoms with E-state index in [1.165, 1.54) is 25.0 Å². The lowest BCUT2D eigenvalue weighted by Crippen LogP contribution is -2.34. The van der Waals surface area contributed by atoms with Crippen LogP contribution in [0.1, 0.15) is 51.8 Å². The van der Waals surface area contributed by atoms with Gasteiger partial charge in [0.05, 0.1) is 5.69 Å². The third-order valence-electron chi connectivity index (χ3n) is 4.30. The Morgan fingerprint density at radius 3 is 2.72 bits per heavy atom. The Hall–Kier alpha value is -0.830. The van der Waals surface area contributed by atoms with Gasteiger partial charge in [-0.3, -0.25) is 4.68 Å². The van der Waals surface area contributed by atoms with E-state index in [4.69, 9.17) is 0 Å². The molecule has 0 amide bonds. The molecule has 0 radical (unpaired) electrons. The summed E-state index contributed by atoms with van der Waals surface area (Å²) in [5.41, 5.74) is 1.22. The second-order valence-electron chi connectivity index (χ2n) is 6.16. The zero-order valence-electron chi connectivity index (χ0n) is 12.2. The van der Waals surface area contributed by atoms with Crippen LogP contribution in [0, 0.1) is 11.8 Å². The summed E-state index contributed by atoms with van der Waals surface area (Å²) in [6.07, 6.45) is 7.30. The molecule has 18 heavy (non-hydrogen) atoms. The minimum atomic E-state index is 0.457. The second-order valence-corrected chi connectivity index (χ2v) is 6.16. The van der Waals surface area contributed by atoms with Crippen LogP contribution in [-0.4, -0.2) is 22.9 Å². The Labute approximate surface area is 111 Å². The van der Waals surface area contributed by atoms with Crippen molar-refractivity contribution < 1.29 is 0 Å². The van der Waals surface area contributed by atoms with Gasteiger partial charge in [-0.1, -0.05) is 13.3 Å². The molecule has 1 N–H and O–H groups in total. The molecule has 3 unspecified atom stereocenters. The molecule has 0 saturated heterocycles. The summed E-state index contributed by atoms with van der Waals surface area (Å²) in [6.45, 7) is 6.72. The monoisotopic (exact) mass is 249 g/mol. The Bertz CT molecular complexity index is 370. The summed E-state index contributed by atoms with van der Waals surface area (Å²) in [5, 5.41) is 8.17. The van der Waals surface area contributed by atoms with Crippen LogP contribution in [0.4, 0.5) is 0 Å². The molecule has 2 rings (SSSR count). The van der Waals surface area contributed by atoms with Gasteiger partial charge in [-0.15, -0.1) is 0 Å². The maximum atomic E-state index is 4.66. The SMILES string of the molecule is CNC(Cc1ccn(C(C)C)n1)C1CCC(C)C1. The zero-order chi connectivity index (χ0) is 13.1. The van der Waals surface area contributed by atoms with Crippen LogP contribution in [-0.2, 0) is 6.42 Å². The summed E-state index contributed by atoms with van der Waals surface area (Å²) < 4.78 is 2.05. The molecule has 1 aliphatic rings. The topological polar surface area (TPSA) is 29.9 Å². The van der Waals surface area contributed by atoms with Gasteiger partial charge >= 0.3 is 0 Å². The molecular formula is C15H27N3. The first kappa shape index (κ1) is 13.6. The number of aromatic nitrogens is 2. The first-order valence-electron chi connectivity index (χ1n) is 7.31. The van der Waals surface area contributed by atoms with Crippen molar-refractivity contribution in [1.29, 1.82) is 0 Å². The van der Waals surface area contributed by atoms with Crippen molar-refractivity contribution in [2.75, 3.05) is 7.05 Å². The van der Waals surface area contributed by atoms with Crippen molar-refractivity contribution >= 4 is 0 Å². The summed E-state index contributed by atoms with van der Waals surface area (Å²) >= 11 is 0. The maximum Gasteiger partial charge on any atom is 0.0640 e. The van der Waals surface area contributed by atoms with E-state index in [2.05, 4.69) is 55.2 Å². The van der Waals surface area contributed by atoms with Gasteiger partial charge in [-0.2, -0.15) is 5.10 Å². The molecule has 3 heteroatoms. The lowest BCUT2D eigenvalue weighted by atomic mass is 9.93. The van der Waals surface area contributed by atoms with Gasteiger partial charge in [-0.05, 0) is 51.6 Å². The largest absolute Gasteiger partial charge is 0.316 e. The standard InChI is InChI=1S/C15H27N3/c1-11(2)18-8-7-14(17-18)10-15(16-4)13-6-5-12(3)9-13/h7-8,11-13,15-16H,5-6,9-10H2,1-4H3. The molecule has 0 bridgehead atoms. The average molecular weight is 249 g/mol. The predicted molar refractivity (Wildman–Crippen MR) is 75.7 cm³/mol. The molecule has 1 heterocycles. The highest BCUT2D eigenvalue weighted by Crippen LogP contribution is 2.33. The highest BCUT2D eigenvalue weighted by molar-refractivity contribution is 5.03. The van der Waals surface area contributed by atoms with E-state index in [-0.39, 0.29) is 0 Å². The van der Waals surface area contributed by atoms with E-state index in [9.17, 15) is 0 Å². The van der Waals surface area contributed by atoms with Crippen molar-refractivity contribution in [3.05, 3.63) is 18.0 Å². The molecule has 1 aromatic rings. The van der Waals surface area contributed by atoms with Crippen molar-refractivity contribution in [2.24, 2.45) is 11.8 Å². The van der Waals surface area contributed by atoms with Gasteiger partial charge < -0.3 is 5.32 Å². The van der Waals surface area contributed by atoms with Gasteiger partial charge in [0.25, 0.3) is 0 Å². The highest BCUT2D eigenvalue weighted by Gasteiger charge is 2.28. The number of nitrogens with zero attached hydrogens (tertiary/aromatic N) is 2. The lowest BCUT2D eigenvalue weighted by molar-refractivity contribution is 0.363. The molecule has 0 aromatic carbocycles. The van der Waals surface area contributed by atoms with Gasteiger partial charge in [0.1, 0.15) is 0 Å². The quantitative estimate of drug-likeness (QED) is 0.869. The highest BCUT2D eigenvalue weighted by atomic mass is 15.3. The third-order valence-corrected chi connectivity index (χ3v) is 4.30. The van der Waals surface area contributed by atoms with Crippen LogP contribution in [0.3, 0.4) is 0 Å². The molecule has 1 aromatic heterocycles. The maximum absolute atomic E-state index is 4.66. The van der Waals surface area contributed by atoms with Crippen LogP contribution in [0.15, 0.2) is 12.3 Å². The van der Waals surface area contributed by atoms with E-state index < -0.39 is 0 Å². The smallest absolute Gasteiger partial charge is 0.0640 e. The molecule has 0 spiro atoms. The van der Waals surface area contributed by atoms with E-state index in [0.717, 1.165) is 18.3 Å². The van der Waals surface area contributed by atoms with E-state index in [1.807, 2.05) is 0 Å². The molecule has 0 aliphatic heterocycles. The minimum absolute atomic E-state index is 0.457. The van der Waals surface area contributed by atoms with Crippen molar-refractivity contribution in [3.8, 4) is 0 Å². The number of likely N-dealkylation sites (N-methyl/N-ethyl adjacent to an activating group) is 1. The lowest BCUT2D eigenvalue weighted by Gasteiger charge is -2.22. The van der Waals surface area contributed by atoms with Crippen molar-refractivity contribution in [3.63, 3.8) is 0 Å². The fourth-order valence-corrected chi connectivity index (χ4v) is 3.12. The zero-order valence-corrected chi connectivity index (χ0v) is 12.2. The first-order chi connectivity index (χ1) is 8.60. The summed E-state index contributed by atoms with van der Waals surface area (Å²) in [5.74, 6) is 1.73. The van der Waals surface area contributed by atoms with Crippen LogP contribution in [0.2, 0.25) is 0 Å². The van der Waals surface area contributed by atoms with E-state index in [0.29, 0.717) is 12.1 Å². The fourth-order valence-electron chi connectivity index (χ4n) is 3.12. The van der Waals surface area contributed by atoms with Gasteiger partial charge in [-0.25, -0.2) is 0 Å². The van der Waals surface area contributed by atoms with Gasteiger partial charge in [0, 0.05) is 24.7 Å².